The Labute approximate surface area is 297 Å². The van der Waals surface area contributed by atoms with Crippen LogP contribution in [0.25, 0.3) is 11.3 Å². The van der Waals surface area contributed by atoms with Gasteiger partial charge in [0.2, 0.25) is 5.82 Å². The lowest BCUT2D eigenvalue weighted by Crippen LogP contribution is -2.62. The van der Waals surface area contributed by atoms with E-state index < -0.39 is 93.2 Å². The number of aliphatic hydroxyl groups excluding tert-OH is 2. The van der Waals surface area contributed by atoms with E-state index in [1.807, 2.05) is 0 Å². The van der Waals surface area contributed by atoms with Gasteiger partial charge in [0.25, 0.3) is 11.8 Å². The highest BCUT2D eigenvalue weighted by molar-refractivity contribution is 6.24. The molecule has 1 aromatic heterocycles. The molecule has 53 heavy (non-hydrogen) atoms. The third-order valence-corrected chi connectivity index (χ3v) is 9.25. The van der Waals surface area contributed by atoms with E-state index in [1.165, 1.54) is 18.1 Å². The normalized spacial score (nSPS) is 16.6. The van der Waals surface area contributed by atoms with Gasteiger partial charge >= 0.3 is 12.4 Å². The number of rotatable bonds is 11. The van der Waals surface area contributed by atoms with Gasteiger partial charge in [-0.05, 0) is 50.2 Å². The molecule has 0 unspecified atom stereocenters. The molecule has 1 saturated carbocycles. The third kappa shape index (κ3) is 8.06. The van der Waals surface area contributed by atoms with Gasteiger partial charge in [-0.1, -0.05) is 18.9 Å². The number of halogens is 8. The first kappa shape index (κ1) is 39.3. The summed E-state index contributed by atoms with van der Waals surface area (Å²) in [6, 6.07) is 4.50. The smallest absolute Gasteiger partial charge is 0.433 e. The molecule has 11 nitrogen and oxygen atoms in total. The van der Waals surface area contributed by atoms with E-state index in [1.54, 1.807) is 11.9 Å². The van der Waals surface area contributed by atoms with Crippen LogP contribution in [0.4, 0.5) is 40.8 Å². The number of nitrogens with one attached hydrogen (secondary N) is 1. The van der Waals surface area contributed by atoms with E-state index in [0.717, 1.165) is 17.1 Å². The number of amides is 2. The van der Waals surface area contributed by atoms with Crippen molar-refractivity contribution in [3.63, 3.8) is 0 Å². The number of ether oxygens (including phenoxy) is 1. The summed E-state index contributed by atoms with van der Waals surface area (Å²) in [6.45, 7) is -0.151. The quantitative estimate of drug-likeness (QED) is 0.166. The van der Waals surface area contributed by atoms with Gasteiger partial charge in [0.05, 0.1) is 35.6 Å². The Hall–Kier alpha value is -4.88. The van der Waals surface area contributed by atoms with E-state index in [4.69, 9.17) is 9.84 Å². The monoisotopic (exact) mass is 758 g/mol. The maximum absolute atomic E-state index is 15.4. The molecule has 1 spiro atoms. The fourth-order valence-corrected chi connectivity index (χ4v) is 6.33. The molecule has 0 bridgehead atoms. The summed E-state index contributed by atoms with van der Waals surface area (Å²) in [5.41, 5.74) is -7.04. The molecule has 2 aliphatic rings. The number of carbonyl (C=O) groups excluding carboxylic acids is 2. The molecule has 0 radical (unpaired) electrons. The van der Waals surface area contributed by atoms with Gasteiger partial charge in [-0.15, -0.1) is 0 Å². The van der Waals surface area contributed by atoms with E-state index in [0.29, 0.717) is 50.5 Å². The summed E-state index contributed by atoms with van der Waals surface area (Å²) >= 11 is 0. The van der Waals surface area contributed by atoms with Crippen molar-refractivity contribution in [3.05, 3.63) is 82.5 Å². The molecule has 0 atom stereocenters. The number of alkyl halides is 6. The van der Waals surface area contributed by atoms with Crippen molar-refractivity contribution in [2.45, 2.75) is 50.1 Å². The number of anilines is 1. The van der Waals surface area contributed by atoms with Crippen molar-refractivity contribution >= 4 is 17.5 Å². The summed E-state index contributed by atoms with van der Waals surface area (Å²) in [5.74, 6) is -6.29. The predicted octanol–water partition coefficient (Wildman–Crippen LogP) is 5.71. The van der Waals surface area contributed by atoms with Gasteiger partial charge in [-0.25, -0.2) is 19.4 Å². The van der Waals surface area contributed by atoms with Crippen molar-refractivity contribution in [1.29, 1.82) is 0 Å². The fourth-order valence-electron chi connectivity index (χ4n) is 6.33. The molecule has 3 N–H and O–H groups in total. The van der Waals surface area contributed by atoms with Crippen LogP contribution < -0.4 is 10.1 Å². The first-order valence-electron chi connectivity index (χ1n) is 16.2. The second kappa shape index (κ2) is 15.2. The lowest BCUT2D eigenvalue weighted by Gasteiger charge is -2.48. The molecule has 1 aliphatic carbocycles. The van der Waals surface area contributed by atoms with E-state index in [9.17, 15) is 41.0 Å². The Kier molecular flexibility index (Phi) is 11.3. The van der Waals surface area contributed by atoms with Gasteiger partial charge in [0.1, 0.15) is 30.0 Å². The zero-order valence-corrected chi connectivity index (χ0v) is 28.3. The molecular weight excluding hydrogens is 724 g/mol. The van der Waals surface area contributed by atoms with Crippen LogP contribution in [-0.4, -0.2) is 92.9 Å². The molecule has 2 aromatic carbocycles. The molecule has 19 heteroatoms. The molecule has 3 aromatic rings. The Balaban J connectivity index is 1.49. The van der Waals surface area contributed by atoms with E-state index in [2.05, 4.69) is 15.3 Å². The minimum Gasteiger partial charge on any atom is -0.509 e. The minimum atomic E-state index is -4.99. The second-order valence-corrected chi connectivity index (χ2v) is 12.6. The second-order valence-electron chi connectivity index (χ2n) is 12.6. The zero-order valence-electron chi connectivity index (χ0n) is 28.3. The van der Waals surface area contributed by atoms with E-state index >= 15 is 8.78 Å². The Morgan fingerprint density at radius 2 is 1.70 bits per heavy atom. The number of nitrogens with zero attached hydrogens (tertiary/aromatic N) is 5. The predicted molar refractivity (Wildman–Crippen MR) is 172 cm³/mol. The van der Waals surface area contributed by atoms with Gasteiger partial charge in [0.15, 0.2) is 11.6 Å². The number of likely N-dealkylation sites (N-methyl/N-ethyl adjacent to an activating group) is 2. The van der Waals surface area contributed by atoms with Crippen molar-refractivity contribution < 1.29 is 59.7 Å². The highest BCUT2D eigenvalue weighted by Gasteiger charge is 2.53. The molecule has 1 aliphatic heterocycles. The first-order valence-corrected chi connectivity index (χ1v) is 16.2. The van der Waals surface area contributed by atoms with Crippen LogP contribution in [0.1, 0.15) is 42.5 Å². The summed E-state index contributed by atoms with van der Waals surface area (Å²) in [7, 11) is 3.11. The number of hydrogen-bond donors (Lipinski definition) is 3. The summed E-state index contributed by atoms with van der Waals surface area (Å²) in [5, 5.41) is 25.0. The highest BCUT2D eigenvalue weighted by Crippen LogP contribution is 2.45. The van der Waals surface area contributed by atoms with Crippen molar-refractivity contribution in [3.8, 4) is 17.0 Å². The summed E-state index contributed by atoms with van der Waals surface area (Å²) in [4.78, 5) is 36.4. The number of hydrazine groups is 1. The lowest BCUT2D eigenvalue weighted by atomic mass is 9.88. The third-order valence-electron chi connectivity index (χ3n) is 9.25. The molecule has 1 fully saturated rings. The standard InChI is InChI=1S/C34H34F8N6O5/c1-46(11-13-49)12-14-53-24-8-5-19(27(35)28(24)36)17-48-31(52)26(29(50)32(47(48)2)9-3-4-10-32)30(51)45-22-7-6-20(33(37,38)39)15-21(22)23-16-25(34(40,41)42)44-18-43-23/h5-8,15-16,18,49-50H,3-4,9-14,17H2,1-2H3,(H,45,51). The number of carbonyl (C=O) groups is 2. The van der Waals surface area contributed by atoms with Crippen LogP contribution in [-0.2, 0) is 28.5 Å². The topological polar surface area (TPSA) is 131 Å². The number of hydrogen-bond acceptors (Lipinski definition) is 9. The van der Waals surface area contributed by atoms with Crippen LogP contribution in [0.15, 0.2) is 54.1 Å². The number of aliphatic hydroxyl groups is 2. The van der Waals surface area contributed by atoms with Crippen LogP contribution in [0.2, 0.25) is 0 Å². The number of aromatic nitrogens is 2. The molecule has 2 heterocycles. The molecular formula is C34H34F8N6O5. The molecule has 2 amide bonds. The average Bonchev–Trinajstić information content (AvgIpc) is 3.60. The molecule has 5 rings (SSSR count). The van der Waals surface area contributed by atoms with Crippen molar-refractivity contribution in [2.24, 2.45) is 0 Å². The minimum absolute atomic E-state index is 0.0357. The van der Waals surface area contributed by atoms with Gasteiger partial charge in [0, 0.05) is 31.3 Å². The van der Waals surface area contributed by atoms with Gasteiger partial charge in [-0.3, -0.25) is 14.6 Å². The molecule has 0 saturated heterocycles. The van der Waals surface area contributed by atoms with Crippen molar-refractivity contribution in [2.75, 3.05) is 45.7 Å². The largest absolute Gasteiger partial charge is 0.509 e. The van der Waals surface area contributed by atoms with Crippen LogP contribution in [0, 0.1) is 11.6 Å². The molecule has 286 valence electrons. The maximum Gasteiger partial charge on any atom is 0.433 e. The van der Waals surface area contributed by atoms with Crippen LogP contribution in [0.3, 0.4) is 0 Å². The van der Waals surface area contributed by atoms with Crippen LogP contribution >= 0.6 is 0 Å². The highest BCUT2D eigenvalue weighted by atomic mass is 19.4. The maximum atomic E-state index is 15.4. The summed E-state index contributed by atoms with van der Waals surface area (Å²) < 4.78 is 117. The van der Waals surface area contributed by atoms with E-state index in [-0.39, 0.29) is 31.6 Å². The lowest BCUT2D eigenvalue weighted by molar-refractivity contribution is -0.163. The fraction of sp³-hybridized carbons (Fsp3) is 0.412. The SMILES string of the molecule is CN(CCO)CCOc1ccc(CN2C(=O)C(C(=O)Nc3ccc(C(F)(F)F)cc3-c3cc(C(F)(F)F)ncn3)=C(O)C3(CCCC3)N2C)c(F)c1F. The zero-order chi connectivity index (χ0) is 38.9. The Morgan fingerprint density at radius 1 is 1.00 bits per heavy atom. The Morgan fingerprint density at radius 3 is 2.34 bits per heavy atom. The Bertz CT molecular complexity index is 1900. The summed E-state index contributed by atoms with van der Waals surface area (Å²) in [6.07, 6.45) is -7.95. The number of benzene rings is 2. The van der Waals surface area contributed by atoms with Crippen molar-refractivity contribution in [1.82, 2.24) is 24.9 Å². The first-order chi connectivity index (χ1) is 24.9. The average molecular weight is 759 g/mol. The van der Waals surface area contributed by atoms with Gasteiger partial charge < -0.3 is 25.2 Å². The van der Waals surface area contributed by atoms with Crippen LogP contribution in [0.5, 0.6) is 5.75 Å². The van der Waals surface area contributed by atoms with Gasteiger partial charge in [-0.2, -0.15) is 30.7 Å².